The molecule has 2 atom stereocenters. The third kappa shape index (κ3) is 3.12. The van der Waals surface area contributed by atoms with Gasteiger partial charge in [0.15, 0.2) is 0 Å². The van der Waals surface area contributed by atoms with Crippen molar-refractivity contribution in [2.24, 2.45) is 5.92 Å². The minimum absolute atomic E-state index is 0.235. The van der Waals surface area contributed by atoms with Gasteiger partial charge in [-0.25, -0.2) is 0 Å². The molecule has 0 bridgehead atoms. The molecule has 0 amide bonds. The van der Waals surface area contributed by atoms with Crippen LogP contribution in [0.4, 0.5) is 0 Å². The van der Waals surface area contributed by atoms with Crippen LogP contribution >= 0.6 is 0 Å². The van der Waals surface area contributed by atoms with Crippen molar-refractivity contribution in [3.05, 3.63) is 41.6 Å². The molecule has 4 nitrogen and oxygen atoms in total. The summed E-state index contributed by atoms with van der Waals surface area (Å²) < 4.78 is 0. The smallest absolute Gasteiger partial charge is 0.307 e. The SMILES string of the molecule is Cc1ccc2cc(CN3CC(C(=O)O)CCC3C)ccc2n1. The maximum Gasteiger partial charge on any atom is 0.307 e. The fourth-order valence-electron chi connectivity index (χ4n) is 3.21. The maximum atomic E-state index is 11.2. The van der Waals surface area contributed by atoms with E-state index in [1.54, 1.807) is 0 Å². The van der Waals surface area contributed by atoms with Crippen LogP contribution in [-0.4, -0.2) is 33.5 Å². The number of likely N-dealkylation sites (tertiary alicyclic amines) is 1. The fraction of sp³-hybridized carbons (Fsp3) is 0.444. The predicted molar refractivity (Wildman–Crippen MR) is 86.7 cm³/mol. The standard InChI is InChI=1S/C18H22N2O2/c1-12-3-6-15-9-14(5-8-17(15)19-12)10-20-11-16(18(21)22)7-4-13(20)2/h3,5-6,8-9,13,16H,4,7,10-11H2,1-2H3,(H,21,22). The second-order valence-electron chi connectivity index (χ2n) is 6.37. The summed E-state index contributed by atoms with van der Waals surface area (Å²) in [6, 6.07) is 10.9. The van der Waals surface area contributed by atoms with E-state index in [4.69, 9.17) is 0 Å². The topological polar surface area (TPSA) is 53.4 Å². The van der Waals surface area contributed by atoms with E-state index in [9.17, 15) is 9.90 Å². The number of carboxylic acid groups (broad SMARTS) is 1. The van der Waals surface area contributed by atoms with Crippen molar-refractivity contribution in [2.75, 3.05) is 6.54 Å². The highest BCUT2D eigenvalue weighted by Gasteiger charge is 2.29. The second-order valence-corrected chi connectivity index (χ2v) is 6.37. The molecule has 116 valence electrons. The van der Waals surface area contributed by atoms with E-state index in [1.165, 1.54) is 5.56 Å². The highest BCUT2D eigenvalue weighted by atomic mass is 16.4. The lowest BCUT2D eigenvalue weighted by atomic mass is 9.93. The summed E-state index contributed by atoms with van der Waals surface area (Å²) in [7, 11) is 0. The number of benzene rings is 1. The van der Waals surface area contributed by atoms with Crippen LogP contribution in [0.3, 0.4) is 0 Å². The molecule has 1 N–H and O–H groups in total. The maximum absolute atomic E-state index is 11.2. The summed E-state index contributed by atoms with van der Waals surface area (Å²) in [6.07, 6.45) is 1.74. The van der Waals surface area contributed by atoms with Crippen LogP contribution in [0.5, 0.6) is 0 Å². The van der Waals surface area contributed by atoms with Crippen LogP contribution < -0.4 is 0 Å². The van der Waals surface area contributed by atoms with Crippen molar-refractivity contribution < 1.29 is 9.90 Å². The molecule has 2 heterocycles. The number of aryl methyl sites for hydroxylation is 1. The number of hydrogen-bond acceptors (Lipinski definition) is 3. The van der Waals surface area contributed by atoms with Crippen molar-refractivity contribution in [3.63, 3.8) is 0 Å². The van der Waals surface area contributed by atoms with Gasteiger partial charge in [-0.05, 0) is 50.5 Å². The molecule has 1 aliphatic rings. The van der Waals surface area contributed by atoms with Gasteiger partial charge in [-0.1, -0.05) is 12.1 Å². The molecule has 1 saturated heterocycles. The number of nitrogens with zero attached hydrogens (tertiary/aromatic N) is 2. The third-order valence-corrected chi connectivity index (χ3v) is 4.64. The van der Waals surface area contributed by atoms with Crippen LogP contribution in [0.15, 0.2) is 30.3 Å². The van der Waals surface area contributed by atoms with Crippen LogP contribution in [-0.2, 0) is 11.3 Å². The first kappa shape index (κ1) is 15.0. The molecule has 0 radical (unpaired) electrons. The minimum atomic E-state index is -0.671. The Morgan fingerprint density at radius 1 is 1.32 bits per heavy atom. The lowest BCUT2D eigenvalue weighted by molar-refractivity contribution is -0.144. The predicted octanol–water partition coefficient (Wildman–Crippen LogP) is 3.23. The summed E-state index contributed by atoms with van der Waals surface area (Å²) in [5, 5.41) is 10.4. The van der Waals surface area contributed by atoms with Gasteiger partial charge in [0.05, 0.1) is 11.4 Å². The molecular weight excluding hydrogens is 276 g/mol. The Morgan fingerprint density at radius 3 is 2.91 bits per heavy atom. The number of carbonyl (C=O) groups is 1. The van der Waals surface area contributed by atoms with Gasteiger partial charge in [0, 0.05) is 30.2 Å². The first-order chi connectivity index (χ1) is 10.5. The minimum Gasteiger partial charge on any atom is -0.481 e. The first-order valence-electron chi connectivity index (χ1n) is 7.86. The van der Waals surface area contributed by atoms with Crippen LogP contribution in [0, 0.1) is 12.8 Å². The van der Waals surface area contributed by atoms with Gasteiger partial charge in [-0.2, -0.15) is 0 Å². The van der Waals surface area contributed by atoms with Crippen molar-refractivity contribution in [1.82, 2.24) is 9.88 Å². The normalized spacial score (nSPS) is 22.8. The van der Waals surface area contributed by atoms with Crippen LogP contribution in [0.25, 0.3) is 10.9 Å². The molecule has 3 rings (SSSR count). The molecule has 0 spiro atoms. The van der Waals surface area contributed by atoms with Crippen molar-refractivity contribution in [1.29, 1.82) is 0 Å². The highest BCUT2D eigenvalue weighted by molar-refractivity contribution is 5.79. The number of carboxylic acids is 1. The zero-order valence-corrected chi connectivity index (χ0v) is 13.1. The number of rotatable bonds is 3. The summed E-state index contributed by atoms with van der Waals surface area (Å²) in [5.41, 5.74) is 3.25. The number of pyridine rings is 1. The molecule has 2 aromatic rings. The van der Waals surface area contributed by atoms with E-state index in [0.29, 0.717) is 12.6 Å². The first-order valence-corrected chi connectivity index (χ1v) is 7.86. The molecule has 22 heavy (non-hydrogen) atoms. The van der Waals surface area contributed by atoms with Crippen LogP contribution in [0.2, 0.25) is 0 Å². The monoisotopic (exact) mass is 298 g/mol. The van der Waals surface area contributed by atoms with Gasteiger partial charge in [0.2, 0.25) is 0 Å². The third-order valence-electron chi connectivity index (χ3n) is 4.64. The molecule has 1 fully saturated rings. The van der Waals surface area contributed by atoms with Crippen molar-refractivity contribution in [2.45, 2.75) is 39.3 Å². The number of hydrogen-bond donors (Lipinski definition) is 1. The average molecular weight is 298 g/mol. The number of aromatic nitrogens is 1. The van der Waals surface area contributed by atoms with Gasteiger partial charge in [0.25, 0.3) is 0 Å². The summed E-state index contributed by atoms with van der Waals surface area (Å²) in [6.45, 7) is 5.62. The fourth-order valence-corrected chi connectivity index (χ4v) is 3.21. The molecule has 1 aromatic heterocycles. The van der Waals surface area contributed by atoms with E-state index in [1.807, 2.05) is 13.0 Å². The molecule has 0 saturated carbocycles. The Hall–Kier alpha value is -1.94. The second kappa shape index (κ2) is 6.05. The van der Waals surface area contributed by atoms with Crippen molar-refractivity contribution >= 4 is 16.9 Å². The Balaban J connectivity index is 1.79. The van der Waals surface area contributed by atoms with Crippen molar-refractivity contribution in [3.8, 4) is 0 Å². The molecular formula is C18H22N2O2. The highest BCUT2D eigenvalue weighted by Crippen LogP contribution is 2.25. The number of piperidine rings is 1. The largest absolute Gasteiger partial charge is 0.481 e. The molecule has 1 aliphatic heterocycles. The quantitative estimate of drug-likeness (QED) is 0.945. The Bertz CT molecular complexity index is 699. The van der Waals surface area contributed by atoms with E-state index in [2.05, 4.69) is 41.1 Å². The Kier molecular flexibility index (Phi) is 4.12. The van der Waals surface area contributed by atoms with E-state index in [-0.39, 0.29) is 5.92 Å². The summed E-state index contributed by atoms with van der Waals surface area (Å²) >= 11 is 0. The lowest BCUT2D eigenvalue weighted by Gasteiger charge is -2.36. The van der Waals surface area contributed by atoms with Crippen LogP contribution in [0.1, 0.15) is 31.0 Å². The van der Waals surface area contributed by atoms with E-state index in [0.717, 1.165) is 36.0 Å². The van der Waals surface area contributed by atoms with E-state index >= 15 is 0 Å². The molecule has 2 unspecified atom stereocenters. The molecule has 4 heteroatoms. The van der Waals surface area contributed by atoms with Gasteiger partial charge in [-0.15, -0.1) is 0 Å². The number of aliphatic carboxylic acids is 1. The van der Waals surface area contributed by atoms with E-state index < -0.39 is 5.97 Å². The zero-order valence-electron chi connectivity index (χ0n) is 13.1. The average Bonchev–Trinajstić information content (AvgIpc) is 2.49. The summed E-state index contributed by atoms with van der Waals surface area (Å²) in [5.74, 6) is -0.906. The van der Waals surface area contributed by atoms with Gasteiger partial charge >= 0.3 is 5.97 Å². The molecule has 1 aromatic carbocycles. The zero-order chi connectivity index (χ0) is 15.7. The lowest BCUT2D eigenvalue weighted by Crippen LogP contribution is -2.43. The number of fused-ring (bicyclic) bond motifs is 1. The Labute approximate surface area is 130 Å². The van der Waals surface area contributed by atoms with Gasteiger partial charge in [0.1, 0.15) is 0 Å². The van der Waals surface area contributed by atoms with Gasteiger partial charge < -0.3 is 5.11 Å². The Morgan fingerprint density at radius 2 is 2.14 bits per heavy atom. The van der Waals surface area contributed by atoms with Gasteiger partial charge in [-0.3, -0.25) is 14.7 Å². The summed E-state index contributed by atoms with van der Waals surface area (Å²) in [4.78, 5) is 18.0. The molecule has 0 aliphatic carbocycles.